The van der Waals surface area contributed by atoms with Crippen LogP contribution in [0, 0.1) is 0 Å². The third-order valence-corrected chi connectivity index (χ3v) is 4.61. The van der Waals surface area contributed by atoms with Crippen LogP contribution in [0.15, 0.2) is 60.3 Å². The molecule has 2 amide bonds. The second-order valence-corrected chi connectivity index (χ2v) is 6.68. The fourth-order valence-electron chi connectivity index (χ4n) is 3.12. The molecule has 0 atom stereocenters. The lowest BCUT2D eigenvalue weighted by Gasteiger charge is -2.22. The predicted octanol–water partition coefficient (Wildman–Crippen LogP) is 3.57. The maximum absolute atomic E-state index is 13.1. The van der Waals surface area contributed by atoms with Gasteiger partial charge in [0.1, 0.15) is 11.4 Å². The minimum Gasteiger partial charge on any atom is -0.508 e. The van der Waals surface area contributed by atoms with Crippen molar-refractivity contribution in [3.05, 3.63) is 71.4 Å². The molecular weight excluding hydrogens is 340 g/mol. The first kappa shape index (κ1) is 18.7. The summed E-state index contributed by atoms with van der Waals surface area (Å²) in [4.78, 5) is 27.5. The first-order valence-corrected chi connectivity index (χ1v) is 9.30. The van der Waals surface area contributed by atoms with Gasteiger partial charge in [-0.05, 0) is 48.7 Å². The highest BCUT2D eigenvalue weighted by Gasteiger charge is 2.21. The zero-order valence-corrected chi connectivity index (χ0v) is 15.2. The lowest BCUT2D eigenvalue weighted by molar-refractivity contribution is -0.127. The van der Waals surface area contributed by atoms with E-state index in [9.17, 15) is 14.7 Å². The molecule has 3 rings (SSSR count). The summed E-state index contributed by atoms with van der Waals surface area (Å²) in [6, 6.07) is 15.4. The standard InChI is InChI=1S/C22H24N2O3/c25-19-12-10-17(11-13-19)16-20(22(27)24-14-6-1-2-7-15-24)23-21(26)18-8-4-3-5-9-18/h3-5,8-13,16,25H,1-2,6-7,14-15H2,(H,23,26). The molecular formula is C22H24N2O3. The molecule has 0 spiro atoms. The number of phenols is 1. The topological polar surface area (TPSA) is 69.6 Å². The van der Waals surface area contributed by atoms with Crippen LogP contribution in [0.2, 0.25) is 0 Å². The van der Waals surface area contributed by atoms with Crippen molar-refractivity contribution in [2.75, 3.05) is 13.1 Å². The van der Waals surface area contributed by atoms with E-state index in [1.165, 1.54) is 0 Å². The van der Waals surface area contributed by atoms with Gasteiger partial charge in [-0.1, -0.05) is 43.2 Å². The Morgan fingerprint density at radius 2 is 1.52 bits per heavy atom. The summed E-state index contributed by atoms with van der Waals surface area (Å²) in [5.74, 6) is -0.334. The Morgan fingerprint density at radius 3 is 2.15 bits per heavy atom. The third kappa shape index (κ3) is 5.20. The normalized spacial score (nSPS) is 15.1. The van der Waals surface area contributed by atoms with E-state index in [1.807, 2.05) is 11.0 Å². The SMILES string of the molecule is O=C(NC(=Cc1ccc(O)cc1)C(=O)N1CCCCCC1)c1ccccc1. The van der Waals surface area contributed by atoms with Crippen LogP contribution in [0.3, 0.4) is 0 Å². The summed E-state index contributed by atoms with van der Waals surface area (Å²) >= 11 is 0. The highest BCUT2D eigenvalue weighted by molar-refractivity contribution is 6.05. The van der Waals surface area contributed by atoms with Crippen LogP contribution in [0.4, 0.5) is 0 Å². The second kappa shape index (κ2) is 9.03. The summed E-state index contributed by atoms with van der Waals surface area (Å²) in [5.41, 5.74) is 1.48. The first-order chi connectivity index (χ1) is 13.1. The van der Waals surface area contributed by atoms with Crippen molar-refractivity contribution in [3.8, 4) is 5.75 Å². The van der Waals surface area contributed by atoms with Gasteiger partial charge in [0.05, 0.1) is 0 Å². The highest BCUT2D eigenvalue weighted by Crippen LogP contribution is 2.16. The van der Waals surface area contributed by atoms with Gasteiger partial charge in [-0.2, -0.15) is 0 Å². The average molecular weight is 364 g/mol. The quantitative estimate of drug-likeness (QED) is 0.815. The lowest BCUT2D eigenvalue weighted by Crippen LogP contribution is -2.39. The molecule has 0 saturated carbocycles. The summed E-state index contributed by atoms with van der Waals surface area (Å²) in [7, 11) is 0. The number of nitrogens with one attached hydrogen (secondary N) is 1. The molecule has 0 unspecified atom stereocenters. The van der Waals surface area contributed by atoms with Crippen molar-refractivity contribution in [2.45, 2.75) is 25.7 Å². The molecule has 1 heterocycles. The van der Waals surface area contributed by atoms with Crippen LogP contribution >= 0.6 is 0 Å². The van der Waals surface area contributed by atoms with E-state index >= 15 is 0 Å². The van der Waals surface area contributed by atoms with Crippen molar-refractivity contribution < 1.29 is 14.7 Å². The molecule has 0 aliphatic carbocycles. The molecule has 0 bridgehead atoms. The number of nitrogens with zero attached hydrogens (tertiary/aromatic N) is 1. The number of hydrogen-bond donors (Lipinski definition) is 2. The molecule has 2 aromatic rings. The highest BCUT2D eigenvalue weighted by atomic mass is 16.3. The summed E-state index contributed by atoms with van der Waals surface area (Å²) in [6.45, 7) is 1.40. The lowest BCUT2D eigenvalue weighted by atomic mass is 10.1. The van der Waals surface area contributed by atoms with Crippen molar-refractivity contribution >= 4 is 17.9 Å². The van der Waals surface area contributed by atoms with Crippen LogP contribution < -0.4 is 5.32 Å². The fourth-order valence-corrected chi connectivity index (χ4v) is 3.12. The number of phenolic OH excluding ortho intramolecular Hbond substituents is 1. The fraction of sp³-hybridized carbons (Fsp3) is 0.273. The van der Waals surface area contributed by atoms with Crippen molar-refractivity contribution in [1.82, 2.24) is 10.2 Å². The Labute approximate surface area is 159 Å². The molecule has 2 N–H and O–H groups in total. The molecule has 5 nitrogen and oxygen atoms in total. The summed E-state index contributed by atoms with van der Waals surface area (Å²) in [6.07, 6.45) is 5.86. The monoisotopic (exact) mass is 364 g/mol. The molecule has 1 saturated heterocycles. The van der Waals surface area contributed by atoms with E-state index in [-0.39, 0.29) is 23.3 Å². The van der Waals surface area contributed by atoms with Crippen LogP contribution in [-0.4, -0.2) is 34.9 Å². The van der Waals surface area contributed by atoms with Crippen molar-refractivity contribution in [2.24, 2.45) is 0 Å². The number of carbonyl (C=O) groups excluding carboxylic acids is 2. The van der Waals surface area contributed by atoms with E-state index in [4.69, 9.17) is 0 Å². The van der Waals surface area contributed by atoms with Crippen molar-refractivity contribution in [1.29, 1.82) is 0 Å². The van der Waals surface area contributed by atoms with Crippen LogP contribution in [-0.2, 0) is 4.79 Å². The first-order valence-electron chi connectivity index (χ1n) is 9.30. The number of aromatic hydroxyl groups is 1. The number of rotatable bonds is 4. The maximum atomic E-state index is 13.1. The molecule has 140 valence electrons. The number of amides is 2. The van der Waals surface area contributed by atoms with Gasteiger partial charge < -0.3 is 15.3 Å². The van der Waals surface area contributed by atoms with Gasteiger partial charge in [-0.3, -0.25) is 9.59 Å². The second-order valence-electron chi connectivity index (χ2n) is 6.68. The number of likely N-dealkylation sites (tertiary alicyclic amines) is 1. The number of hydrogen-bond acceptors (Lipinski definition) is 3. The van der Waals surface area contributed by atoms with E-state index < -0.39 is 0 Å². The van der Waals surface area contributed by atoms with E-state index in [1.54, 1.807) is 54.6 Å². The molecule has 0 radical (unpaired) electrons. The van der Waals surface area contributed by atoms with Gasteiger partial charge >= 0.3 is 0 Å². The molecule has 1 aliphatic heterocycles. The van der Waals surface area contributed by atoms with Gasteiger partial charge in [0.2, 0.25) is 0 Å². The zero-order chi connectivity index (χ0) is 19.1. The Balaban J connectivity index is 1.86. The Kier molecular flexibility index (Phi) is 6.26. The molecule has 0 aromatic heterocycles. The zero-order valence-electron chi connectivity index (χ0n) is 15.2. The third-order valence-electron chi connectivity index (χ3n) is 4.61. The molecule has 1 fully saturated rings. The van der Waals surface area contributed by atoms with E-state index in [2.05, 4.69) is 5.32 Å². The van der Waals surface area contributed by atoms with Crippen LogP contribution in [0.1, 0.15) is 41.6 Å². The van der Waals surface area contributed by atoms with Gasteiger partial charge in [0, 0.05) is 18.7 Å². The molecule has 5 heteroatoms. The Bertz CT molecular complexity index is 805. The molecule has 27 heavy (non-hydrogen) atoms. The summed E-state index contributed by atoms with van der Waals surface area (Å²) in [5, 5.41) is 12.2. The number of carbonyl (C=O) groups is 2. The van der Waals surface area contributed by atoms with Crippen LogP contribution in [0.5, 0.6) is 5.75 Å². The Hall–Kier alpha value is -3.08. The predicted molar refractivity (Wildman–Crippen MR) is 105 cm³/mol. The van der Waals surface area contributed by atoms with Gasteiger partial charge in [-0.15, -0.1) is 0 Å². The largest absolute Gasteiger partial charge is 0.508 e. The smallest absolute Gasteiger partial charge is 0.270 e. The Morgan fingerprint density at radius 1 is 0.889 bits per heavy atom. The van der Waals surface area contributed by atoms with Gasteiger partial charge in [-0.25, -0.2) is 0 Å². The van der Waals surface area contributed by atoms with Gasteiger partial charge in [0.15, 0.2) is 0 Å². The molecule has 2 aromatic carbocycles. The summed E-state index contributed by atoms with van der Waals surface area (Å²) < 4.78 is 0. The average Bonchev–Trinajstić information content (AvgIpc) is 2.98. The minimum atomic E-state index is -0.316. The molecule has 1 aliphatic rings. The number of benzene rings is 2. The minimum absolute atomic E-state index is 0.154. The van der Waals surface area contributed by atoms with Gasteiger partial charge in [0.25, 0.3) is 11.8 Å². The van der Waals surface area contributed by atoms with E-state index in [0.29, 0.717) is 18.7 Å². The van der Waals surface area contributed by atoms with Crippen molar-refractivity contribution in [3.63, 3.8) is 0 Å². The maximum Gasteiger partial charge on any atom is 0.270 e. The van der Waals surface area contributed by atoms with E-state index in [0.717, 1.165) is 31.2 Å². The van der Waals surface area contributed by atoms with Crippen LogP contribution in [0.25, 0.3) is 6.08 Å².